The first kappa shape index (κ1) is 24.3. The Hall–Kier alpha value is -4.08. The second-order valence-electron chi connectivity index (χ2n) is 8.74. The molecule has 4 aromatic carbocycles. The highest BCUT2D eigenvalue weighted by atomic mass is 32.2. The van der Waals surface area contributed by atoms with Crippen molar-refractivity contribution in [2.45, 2.75) is 16.8 Å². The van der Waals surface area contributed by atoms with Gasteiger partial charge in [0.15, 0.2) is 4.34 Å². The molecule has 1 atom stereocenters. The van der Waals surface area contributed by atoms with Crippen molar-refractivity contribution in [3.8, 4) is 0 Å². The van der Waals surface area contributed by atoms with Gasteiger partial charge in [0.05, 0.1) is 23.2 Å². The molecule has 0 radical (unpaired) electrons. The molecule has 0 bridgehead atoms. The summed E-state index contributed by atoms with van der Waals surface area (Å²) in [6, 6.07) is 30.7. The number of rotatable bonds is 7. The summed E-state index contributed by atoms with van der Waals surface area (Å²) in [6.45, 7) is 0. The second kappa shape index (κ2) is 10.7. The van der Waals surface area contributed by atoms with Crippen molar-refractivity contribution < 1.29 is 9.18 Å². The highest BCUT2D eigenvalue weighted by Crippen LogP contribution is 2.35. The van der Waals surface area contributed by atoms with E-state index in [-0.39, 0.29) is 23.5 Å². The van der Waals surface area contributed by atoms with Gasteiger partial charge >= 0.3 is 0 Å². The van der Waals surface area contributed by atoms with Gasteiger partial charge in [-0.25, -0.2) is 9.40 Å². The summed E-state index contributed by atoms with van der Waals surface area (Å²) < 4.78 is 14.6. The number of halogens is 1. The molecule has 9 heteroatoms. The van der Waals surface area contributed by atoms with Crippen LogP contribution in [-0.2, 0) is 4.79 Å². The van der Waals surface area contributed by atoms with Gasteiger partial charge < -0.3 is 5.32 Å². The van der Waals surface area contributed by atoms with Crippen LogP contribution >= 0.6 is 23.1 Å². The summed E-state index contributed by atoms with van der Waals surface area (Å²) in [4.78, 5) is 13.4. The van der Waals surface area contributed by atoms with E-state index in [1.54, 1.807) is 23.2 Å². The number of nitrogens with zero attached hydrogens (tertiary/aromatic N) is 4. The molecule has 1 aliphatic heterocycles. The molecule has 0 spiro atoms. The number of amides is 1. The minimum absolute atomic E-state index is 0.113. The van der Waals surface area contributed by atoms with Gasteiger partial charge in [0, 0.05) is 6.42 Å². The standard InChI is InChI=1S/C29H22FN5OS2/c30-23-12-6-7-13-24(23)31-28-32-33-29(38-28)37-18-27(36)35-26(20-9-2-1-3-10-20)17-25(34-35)22-15-14-19-8-4-5-11-21(19)16-22/h1-16,26H,17-18H2,(H,31,32). The van der Waals surface area contributed by atoms with E-state index in [1.807, 2.05) is 42.5 Å². The molecule has 1 unspecified atom stereocenters. The summed E-state index contributed by atoms with van der Waals surface area (Å²) in [7, 11) is 0. The number of benzene rings is 4. The SMILES string of the molecule is O=C(CSc1nnc(Nc2ccccc2F)s1)N1N=C(c2ccc3ccccc3c2)CC1c1ccccc1. The fraction of sp³-hybridized carbons (Fsp3) is 0.103. The van der Waals surface area contributed by atoms with E-state index >= 15 is 0 Å². The Morgan fingerprint density at radius 1 is 0.947 bits per heavy atom. The molecule has 0 saturated heterocycles. The summed E-state index contributed by atoms with van der Waals surface area (Å²) >= 11 is 2.57. The van der Waals surface area contributed by atoms with Crippen molar-refractivity contribution >= 4 is 56.3 Å². The van der Waals surface area contributed by atoms with Crippen molar-refractivity contribution in [2.75, 3.05) is 11.1 Å². The van der Waals surface area contributed by atoms with Crippen LogP contribution < -0.4 is 5.32 Å². The minimum Gasteiger partial charge on any atom is -0.328 e. The predicted octanol–water partition coefficient (Wildman–Crippen LogP) is 7.04. The minimum atomic E-state index is -0.367. The first-order valence-corrected chi connectivity index (χ1v) is 13.9. The summed E-state index contributed by atoms with van der Waals surface area (Å²) in [5.74, 6) is -0.321. The highest BCUT2D eigenvalue weighted by Gasteiger charge is 2.33. The van der Waals surface area contributed by atoms with Crippen LogP contribution in [0.2, 0.25) is 0 Å². The first-order chi connectivity index (χ1) is 18.6. The Bertz CT molecular complexity index is 1640. The number of carbonyl (C=O) groups excluding carboxylic acids is 1. The predicted molar refractivity (Wildman–Crippen MR) is 151 cm³/mol. The van der Waals surface area contributed by atoms with Crippen LogP contribution in [0.3, 0.4) is 0 Å². The van der Waals surface area contributed by atoms with E-state index in [1.165, 1.54) is 34.6 Å². The van der Waals surface area contributed by atoms with Gasteiger partial charge in [0.1, 0.15) is 5.82 Å². The maximum atomic E-state index is 13.9. The van der Waals surface area contributed by atoms with Crippen molar-refractivity contribution in [3.05, 3.63) is 114 Å². The molecular weight excluding hydrogens is 517 g/mol. The normalized spacial score (nSPS) is 15.0. The molecule has 1 aliphatic rings. The van der Waals surface area contributed by atoms with Crippen LogP contribution in [0.25, 0.3) is 10.8 Å². The molecule has 5 aromatic rings. The molecule has 1 N–H and O–H groups in total. The van der Waals surface area contributed by atoms with Crippen LogP contribution in [0.1, 0.15) is 23.6 Å². The third kappa shape index (κ3) is 5.16. The van der Waals surface area contributed by atoms with Crippen LogP contribution in [-0.4, -0.2) is 32.6 Å². The third-order valence-corrected chi connectivity index (χ3v) is 8.23. The van der Waals surface area contributed by atoms with Gasteiger partial charge in [-0.15, -0.1) is 10.2 Å². The van der Waals surface area contributed by atoms with Crippen LogP contribution in [0.5, 0.6) is 0 Å². The molecule has 188 valence electrons. The Balaban J connectivity index is 1.20. The van der Waals surface area contributed by atoms with Gasteiger partial charge in [-0.05, 0) is 40.1 Å². The quantitative estimate of drug-likeness (QED) is 0.225. The number of aromatic nitrogens is 2. The van der Waals surface area contributed by atoms with E-state index in [0.717, 1.165) is 22.2 Å². The van der Waals surface area contributed by atoms with Gasteiger partial charge in [0.25, 0.3) is 5.91 Å². The molecule has 6 nitrogen and oxygen atoms in total. The summed E-state index contributed by atoms with van der Waals surface area (Å²) in [5.41, 5.74) is 3.27. The molecule has 38 heavy (non-hydrogen) atoms. The smallest absolute Gasteiger partial charge is 0.253 e. The fourth-order valence-corrected chi connectivity index (χ4v) is 6.02. The van der Waals surface area contributed by atoms with Gasteiger partial charge in [-0.3, -0.25) is 4.79 Å². The number of para-hydroxylation sites is 1. The molecule has 2 heterocycles. The van der Waals surface area contributed by atoms with Crippen molar-refractivity contribution in [3.63, 3.8) is 0 Å². The fourth-order valence-electron chi connectivity index (χ4n) is 4.40. The Morgan fingerprint density at radius 2 is 1.71 bits per heavy atom. The number of anilines is 2. The number of nitrogens with one attached hydrogen (secondary N) is 1. The van der Waals surface area contributed by atoms with E-state index in [2.05, 4.69) is 45.8 Å². The number of carbonyl (C=O) groups is 1. The monoisotopic (exact) mass is 539 g/mol. The average molecular weight is 540 g/mol. The van der Waals surface area contributed by atoms with Crippen LogP contribution in [0.4, 0.5) is 15.2 Å². The molecule has 1 amide bonds. The number of hydrazone groups is 1. The lowest BCUT2D eigenvalue weighted by Gasteiger charge is -2.21. The molecule has 0 fully saturated rings. The molecule has 0 saturated carbocycles. The van der Waals surface area contributed by atoms with Gasteiger partial charge in [0.2, 0.25) is 5.13 Å². The third-order valence-electron chi connectivity index (χ3n) is 6.27. The zero-order chi connectivity index (χ0) is 25.9. The van der Waals surface area contributed by atoms with E-state index < -0.39 is 0 Å². The Kier molecular flexibility index (Phi) is 6.85. The van der Waals surface area contributed by atoms with Crippen molar-refractivity contribution in [2.24, 2.45) is 5.10 Å². The summed E-state index contributed by atoms with van der Waals surface area (Å²) in [5, 5.41) is 20.4. The molecule has 6 rings (SSSR count). The Labute approximate surface area is 227 Å². The van der Waals surface area contributed by atoms with Crippen molar-refractivity contribution in [1.29, 1.82) is 0 Å². The number of hydrogen-bond donors (Lipinski definition) is 1. The summed E-state index contributed by atoms with van der Waals surface area (Å²) in [6.07, 6.45) is 0.633. The second-order valence-corrected chi connectivity index (χ2v) is 10.9. The number of fused-ring (bicyclic) bond motifs is 1. The maximum Gasteiger partial charge on any atom is 0.253 e. The van der Waals surface area contributed by atoms with Gasteiger partial charge in [-0.2, -0.15) is 5.10 Å². The molecular formula is C29H22FN5OS2. The maximum absolute atomic E-state index is 13.9. The topological polar surface area (TPSA) is 70.5 Å². The van der Waals surface area contributed by atoms with E-state index in [9.17, 15) is 9.18 Å². The number of hydrogen-bond acceptors (Lipinski definition) is 7. The zero-order valence-corrected chi connectivity index (χ0v) is 21.8. The first-order valence-electron chi connectivity index (χ1n) is 12.1. The number of thioether (sulfide) groups is 1. The lowest BCUT2D eigenvalue weighted by atomic mass is 9.97. The van der Waals surface area contributed by atoms with E-state index in [0.29, 0.717) is 21.6 Å². The van der Waals surface area contributed by atoms with Crippen LogP contribution in [0, 0.1) is 5.82 Å². The average Bonchev–Trinajstić information content (AvgIpc) is 3.61. The lowest BCUT2D eigenvalue weighted by Crippen LogP contribution is -2.28. The Morgan fingerprint density at radius 3 is 2.55 bits per heavy atom. The molecule has 1 aromatic heterocycles. The lowest BCUT2D eigenvalue weighted by molar-refractivity contribution is -0.130. The van der Waals surface area contributed by atoms with Crippen LogP contribution in [0.15, 0.2) is 107 Å². The van der Waals surface area contributed by atoms with Gasteiger partial charge in [-0.1, -0.05) is 102 Å². The zero-order valence-electron chi connectivity index (χ0n) is 20.1. The van der Waals surface area contributed by atoms with E-state index in [4.69, 9.17) is 5.10 Å². The highest BCUT2D eigenvalue weighted by molar-refractivity contribution is 8.01. The van der Waals surface area contributed by atoms with Crippen molar-refractivity contribution in [1.82, 2.24) is 15.2 Å². The molecule has 0 aliphatic carbocycles. The largest absolute Gasteiger partial charge is 0.328 e.